The zero-order valence-electron chi connectivity index (χ0n) is 12.6. The summed E-state index contributed by atoms with van der Waals surface area (Å²) >= 11 is 0. The van der Waals surface area contributed by atoms with Gasteiger partial charge in [-0.1, -0.05) is 48.6 Å². The molecule has 2 fully saturated rings. The number of carbonyl (C=O) groups is 2. The van der Waals surface area contributed by atoms with Gasteiger partial charge < -0.3 is 4.74 Å². The minimum Gasteiger partial charge on any atom is -0.362 e. The van der Waals surface area contributed by atoms with E-state index in [0.29, 0.717) is 5.69 Å². The van der Waals surface area contributed by atoms with E-state index in [1.807, 2.05) is 61.5 Å². The molecule has 0 aromatic heterocycles. The number of hydrogen-bond donors (Lipinski definition) is 0. The second-order valence-corrected chi connectivity index (χ2v) is 6.64. The van der Waals surface area contributed by atoms with Crippen molar-refractivity contribution in [3.05, 3.63) is 54.6 Å². The van der Waals surface area contributed by atoms with Gasteiger partial charge in [-0.15, -0.1) is 0 Å². The Kier molecular flexibility index (Phi) is 2.31. The highest BCUT2D eigenvalue weighted by Gasteiger charge is 2.66. The number of imide groups is 1. The molecule has 5 rings (SSSR count). The first-order valence-corrected chi connectivity index (χ1v) is 7.83. The summed E-state index contributed by atoms with van der Waals surface area (Å²) in [5.41, 5.74) is 0.0250. The van der Waals surface area contributed by atoms with Crippen molar-refractivity contribution in [2.45, 2.75) is 18.6 Å². The van der Waals surface area contributed by atoms with Gasteiger partial charge in [0.2, 0.25) is 11.8 Å². The van der Waals surface area contributed by atoms with Crippen molar-refractivity contribution >= 4 is 28.3 Å². The Balaban J connectivity index is 1.68. The summed E-state index contributed by atoms with van der Waals surface area (Å²) in [4.78, 5) is 27.4. The van der Waals surface area contributed by atoms with Crippen molar-refractivity contribution in [3.8, 4) is 0 Å². The quantitative estimate of drug-likeness (QED) is 0.601. The highest BCUT2D eigenvalue weighted by molar-refractivity contribution is 6.26. The number of fused-ring (bicyclic) bond motifs is 6. The molecule has 4 nitrogen and oxygen atoms in total. The Morgan fingerprint density at radius 1 is 1.04 bits per heavy atom. The first-order chi connectivity index (χ1) is 11.1. The summed E-state index contributed by atoms with van der Waals surface area (Å²) in [7, 11) is 0. The van der Waals surface area contributed by atoms with E-state index in [4.69, 9.17) is 4.74 Å². The second kappa shape index (κ2) is 4.09. The molecule has 0 saturated carbocycles. The number of benzene rings is 2. The lowest BCUT2D eigenvalue weighted by atomic mass is 9.78. The molecule has 2 bridgehead atoms. The van der Waals surface area contributed by atoms with Crippen molar-refractivity contribution in [1.82, 2.24) is 0 Å². The highest BCUT2D eigenvalue weighted by atomic mass is 16.5. The maximum atomic E-state index is 13.0. The Labute approximate surface area is 133 Å². The van der Waals surface area contributed by atoms with Crippen molar-refractivity contribution in [3.63, 3.8) is 0 Å². The maximum absolute atomic E-state index is 13.0. The molecule has 0 unspecified atom stereocenters. The molecule has 4 heteroatoms. The van der Waals surface area contributed by atoms with Crippen LogP contribution in [0.1, 0.15) is 6.92 Å². The minimum atomic E-state index is -0.651. The third kappa shape index (κ3) is 1.49. The van der Waals surface area contributed by atoms with Crippen LogP contribution in [-0.2, 0) is 14.3 Å². The van der Waals surface area contributed by atoms with Gasteiger partial charge in [-0.3, -0.25) is 9.59 Å². The van der Waals surface area contributed by atoms with Crippen LogP contribution in [0.2, 0.25) is 0 Å². The molecule has 2 saturated heterocycles. The average Bonchev–Trinajstić information content (AvgIpc) is 3.16. The topological polar surface area (TPSA) is 46.6 Å². The monoisotopic (exact) mass is 305 g/mol. The molecule has 2 amide bonds. The van der Waals surface area contributed by atoms with Crippen molar-refractivity contribution in [1.29, 1.82) is 0 Å². The number of nitrogens with zero attached hydrogens (tertiary/aromatic N) is 1. The first kappa shape index (κ1) is 13.0. The van der Waals surface area contributed by atoms with Crippen molar-refractivity contribution < 1.29 is 14.3 Å². The van der Waals surface area contributed by atoms with E-state index in [9.17, 15) is 9.59 Å². The van der Waals surface area contributed by atoms with Gasteiger partial charge >= 0.3 is 0 Å². The van der Waals surface area contributed by atoms with Crippen LogP contribution in [0.3, 0.4) is 0 Å². The highest BCUT2D eigenvalue weighted by Crippen LogP contribution is 2.52. The van der Waals surface area contributed by atoms with Crippen LogP contribution >= 0.6 is 0 Å². The number of anilines is 1. The van der Waals surface area contributed by atoms with Gasteiger partial charge in [-0.05, 0) is 18.4 Å². The molecule has 23 heavy (non-hydrogen) atoms. The Bertz CT molecular complexity index is 897. The summed E-state index contributed by atoms with van der Waals surface area (Å²) in [6, 6.07) is 13.5. The fourth-order valence-electron chi connectivity index (χ4n) is 4.29. The van der Waals surface area contributed by atoms with Crippen LogP contribution in [0, 0.1) is 11.8 Å². The van der Waals surface area contributed by atoms with Gasteiger partial charge in [0.1, 0.15) is 0 Å². The summed E-state index contributed by atoms with van der Waals surface area (Å²) in [5, 5.41) is 1.94. The van der Waals surface area contributed by atoms with Gasteiger partial charge in [0.25, 0.3) is 0 Å². The van der Waals surface area contributed by atoms with Crippen LogP contribution < -0.4 is 4.90 Å². The van der Waals surface area contributed by atoms with Gasteiger partial charge in [-0.25, -0.2) is 4.90 Å². The number of ether oxygens (including phenoxy) is 1. The van der Waals surface area contributed by atoms with E-state index < -0.39 is 17.4 Å². The number of amides is 2. The molecule has 3 heterocycles. The van der Waals surface area contributed by atoms with Crippen LogP contribution in [0.5, 0.6) is 0 Å². The van der Waals surface area contributed by atoms with Crippen molar-refractivity contribution in [2.75, 3.05) is 4.90 Å². The summed E-state index contributed by atoms with van der Waals surface area (Å²) in [6.07, 6.45) is 3.57. The molecule has 0 aliphatic carbocycles. The Hall–Kier alpha value is -2.46. The molecule has 2 aromatic carbocycles. The number of hydrogen-bond acceptors (Lipinski definition) is 3. The normalized spacial score (nSPS) is 34.7. The van der Waals surface area contributed by atoms with E-state index in [0.717, 1.165) is 10.8 Å². The lowest BCUT2D eigenvalue weighted by Crippen LogP contribution is -2.38. The smallest absolute Gasteiger partial charge is 0.241 e. The molecule has 0 spiro atoms. The largest absolute Gasteiger partial charge is 0.362 e. The van der Waals surface area contributed by atoms with Crippen LogP contribution in [-0.4, -0.2) is 23.5 Å². The van der Waals surface area contributed by atoms with Gasteiger partial charge in [-0.2, -0.15) is 0 Å². The molecule has 4 atom stereocenters. The van der Waals surface area contributed by atoms with E-state index in [1.54, 1.807) is 0 Å². The lowest BCUT2D eigenvalue weighted by Gasteiger charge is -2.24. The number of carbonyl (C=O) groups excluding carboxylic acids is 2. The third-order valence-corrected chi connectivity index (χ3v) is 5.34. The zero-order chi connectivity index (χ0) is 15.8. The minimum absolute atomic E-state index is 0.144. The lowest BCUT2D eigenvalue weighted by molar-refractivity contribution is -0.126. The molecular weight excluding hydrogens is 290 g/mol. The Morgan fingerprint density at radius 2 is 1.83 bits per heavy atom. The maximum Gasteiger partial charge on any atom is 0.241 e. The molecule has 2 aromatic rings. The van der Waals surface area contributed by atoms with E-state index in [1.165, 1.54) is 4.90 Å². The van der Waals surface area contributed by atoms with Crippen molar-refractivity contribution in [2.24, 2.45) is 11.8 Å². The van der Waals surface area contributed by atoms with Gasteiger partial charge in [0.05, 0.1) is 29.2 Å². The fraction of sp³-hybridized carbons (Fsp3) is 0.263. The summed E-state index contributed by atoms with van der Waals surface area (Å²) < 4.78 is 5.86. The fourth-order valence-corrected chi connectivity index (χ4v) is 4.29. The average molecular weight is 305 g/mol. The molecular formula is C19H15NO3. The summed E-state index contributed by atoms with van der Waals surface area (Å²) in [6.45, 7) is 1.89. The standard InChI is InChI=1S/C19H15NO3/c1-19-10-9-14(23-19)15-16(19)18(22)20(17(15)21)13-8-4-6-11-5-2-3-7-12(11)13/h2-10,14-16H,1H3/t14-,15+,16-,19-/m1/s1. The molecule has 3 aliphatic heterocycles. The summed E-state index contributed by atoms with van der Waals surface area (Å²) in [5.74, 6) is -1.10. The van der Waals surface area contributed by atoms with Crippen LogP contribution in [0.15, 0.2) is 54.6 Å². The van der Waals surface area contributed by atoms with E-state index in [2.05, 4.69) is 0 Å². The van der Waals surface area contributed by atoms with E-state index >= 15 is 0 Å². The van der Waals surface area contributed by atoms with E-state index in [-0.39, 0.29) is 17.9 Å². The molecule has 114 valence electrons. The van der Waals surface area contributed by atoms with Gasteiger partial charge in [0.15, 0.2) is 0 Å². The van der Waals surface area contributed by atoms with Gasteiger partial charge in [0, 0.05) is 5.39 Å². The SMILES string of the molecule is C[C@]12C=C[C@@H](O1)[C@@H]1C(=O)N(c3cccc4ccccc34)C(=O)[C@@H]12. The van der Waals surface area contributed by atoms with Crippen LogP contribution in [0.25, 0.3) is 10.8 Å². The second-order valence-electron chi connectivity index (χ2n) is 6.64. The molecule has 3 aliphatic rings. The molecule has 0 radical (unpaired) electrons. The predicted octanol–water partition coefficient (Wildman–Crippen LogP) is 2.67. The number of rotatable bonds is 1. The predicted molar refractivity (Wildman–Crippen MR) is 85.8 cm³/mol. The first-order valence-electron chi connectivity index (χ1n) is 7.83. The van der Waals surface area contributed by atoms with Crippen LogP contribution in [0.4, 0.5) is 5.69 Å². The zero-order valence-corrected chi connectivity index (χ0v) is 12.6. The third-order valence-electron chi connectivity index (χ3n) is 5.34. The Morgan fingerprint density at radius 3 is 2.65 bits per heavy atom. The molecule has 0 N–H and O–H groups in total.